The van der Waals surface area contributed by atoms with Gasteiger partial charge < -0.3 is 10.2 Å². The smallest absolute Gasteiger partial charge is 0.181 e. The van der Waals surface area contributed by atoms with Gasteiger partial charge in [-0.15, -0.1) is 0 Å². The molecule has 0 fully saturated rings. The van der Waals surface area contributed by atoms with E-state index >= 15 is 0 Å². The van der Waals surface area contributed by atoms with E-state index in [1.165, 1.54) is 38.1 Å². The summed E-state index contributed by atoms with van der Waals surface area (Å²) in [5, 5.41) is 19.8. The van der Waals surface area contributed by atoms with E-state index in [2.05, 4.69) is 0 Å². The standard InChI is InChI=1S/C12H18O6S2/c1-3-19(15,16)11(13)9-7-5-6-8-10(9)12(14)20(17,18)4-2/h5-8,11-14H,3-4H2,1-2H3. The van der Waals surface area contributed by atoms with Crippen molar-refractivity contribution >= 4 is 19.7 Å². The molecule has 0 aliphatic rings. The molecule has 0 aliphatic carbocycles. The number of aliphatic hydroxyl groups is 2. The van der Waals surface area contributed by atoms with E-state index in [1.807, 2.05) is 0 Å². The first kappa shape index (κ1) is 17.1. The molecule has 0 radical (unpaired) electrons. The highest BCUT2D eigenvalue weighted by molar-refractivity contribution is 7.91. The van der Waals surface area contributed by atoms with E-state index < -0.39 is 30.5 Å². The molecule has 1 aromatic carbocycles. The number of hydrogen-bond acceptors (Lipinski definition) is 6. The largest absolute Gasteiger partial charge is 0.373 e. The Morgan fingerprint density at radius 1 is 0.850 bits per heavy atom. The maximum Gasteiger partial charge on any atom is 0.181 e. The molecule has 0 amide bonds. The van der Waals surface area contributed by atoms with Gasteiger partial charge in [0.15, 0.2) is 30.5 Å². The normalized spacial score (nSPS) is 15.8. The van der Waals surface area contributed by atoms with Crippen molar-refractivity contribution in [1.29, 1.82) is 0 Å². The summed E-state index contributed by atoms with van der Waals surface area (Å²) in [6.45, 7) is 2.75. The van der Waals surface area contributed by atoms with Crippen LogP contribution in [0.25, 0.3) is 0 Å². The average molecular weight is 322 g/mol. The van der Waals surface area contributed by atoms with Crippen molar-refractivity contribution in [2.24, 2.45) is 0 Å². The number of aliphatic hydroxyl groups excluding tert-OH is 2. The van der Waals surface area contributed by atoms with Crippen LogP contribution in [0.4, 0.5) is 0 Å². The monoisotopic (exact) mass is 322 g/mol. The molecule has 2 N–H and O–H groups in total. The van der Waals surface area contributed by atoms with Gasteiger partial charge in [0.25, 0.3) is 0 Å². The lowest BCUT2D eigenvalue weighted by molar-refractivity contribution is 0.233. The van der Waals surface area contributed by atoms with Gasteiger partial charge in [-0.05, 0) is 0 Å². The molecule has 1 aromatic rings. The van der Waals surface area contributed by atoms with E-state index in [0.29, 0.717) is 0 Å². The van der Waals surface area contributed by atoms with E-state index in [-0.39, 0.29) is 22.6 Å². The van der Waals surface area contributed by atoms with Gasteiger partial charge in [-0.3, -0.25) is 0 Å². The fraction of sp³-hybridized carbons (Fsp3) is 0.500. The molecule has 20 heavy (non-hydrogen) atoms. The van der Waals surface area contributed by atoms with Crippen LogP contribution in [0.3, 0.4) is 0 Å². The molecule has 0 saturated heterocycles. The zero-order valence-corrected chi connectivity index (χ0v) is 12.9. The van der Waals surface area contributed by atoms with Crippen LogP contribution in [0, 0.1) is 0 Å². The lowest BCUT2D eigenvalue weighted by Crippen LogP contribution is -2.21. The van der Waals surface area contributed by atoms with E-state index in [1.54, 1.807) is 0 Å². The first-order valence-corrected chi connectivity index (χ1v) is 9.48. The average Bonchev–Trinajstić information content (AvgIpc) is 2.45. The maximum absolute atomic E-state index is 11.7. The zero-order valence-electron chi connectivity index (χ0n) is 11.2. The van der Waals surface area contributed by atoms with Crippen molar-refractivity contribution in [3.8, 4) is 0 Å². The van der Waals surface area contributed by atoms with Gasteiger partial charge in [0, 0.05) is 11.1 Å². The molecule has 0 bridgehead atoms. The lowest BCUT2D eigenvalue weighted by Gasteiger charge is -2.18. The van der Waals surface area contributed by atoms with Gasteiger partial charge in [0.05, 0.1) is 11.5 Å². The molecular formula is C12H18O6S2. The van der Waals surface area contributed by atoms with Gasteiger partial charge in [-0.1, -0.05) is 38.1 Å². The SMILES string of the molecule is CCS(=O)(=O)C(O)c1ccccc1C(O)S(=O)(=O)CC. The fourth-order valence-corrected chi connectivity index (χ4v) is 3.50. The van der Waals surface area contributed by atoms with Crippen molar-refractivity contribution in [2.45, 2.75) is 24.7 Å². The highest BCUT2D eigenvalue weighted by Gasteiger charge is 2.31. The predicted octanol–water partition coefficient (Wildman–Crippen LogP) is 0.538. The molecule has 114 valence electrons. The van der Waals surface area contributed by atoms with Crippen molar-refractivity contribution in [2.75, 3.05) is 11.5 Å². The minimum atomic E-state index is -3.81. The molecule has 8 heteroatoms. The van der Waals surface area contributed by atoms with Gasteiger partial charge in [0.2, 0.25) is 0 Å². The van der Waals surface area contributed by atoms with Gasteiger partial charge in [0.1, 0.15) is 0 Å². The molecule has 1 rings (SSSR count). The molecule has 0 aliphatic heterocycles. The summed E-state index contributed by atoms with van der Waals surface area (Å²) in [4.78, 5) is 0. The second kappa shape index (κ2) is 6.21. The van der Waals surface area contributed by atoms with Gasteiger partial charge >= 0.3 is 0 Å². The number of rotatable bonds is 6. The molecule has 2 unspecified atom stereocenters. The summed E-state index contributed by atoms with van der Waals surface area (Å²) in [5.74, 6) is -0.585. The Kier molecular flexibility index (Phi) is 5.31. The van der Waals surface area contributed by atoms with Crippen LogP contribution in [-0.2, 0) is 19.7 Å². The lowest BCUT2D eigenvalue weighted by atomic mass is 10.1. The van der Waals surface area contributed by atoms with Gasteiger partial charge in [-0.2, -0.15) is 0 Å². The Labute approximate surface area is 118 Å². The van der Waals surface area contributed by atoms with E-state index in [9.17, 15) is 27.0 Å². The van der Waals surface area contributed by atoms with Crippen LogP contribution < -0.4 is 0 Å². The molecule has 0 heterocycles. The summed E-state index contributed by atoms with van der Waals surface area (Å²) in [7, 11) is -7.62. The van der Waals surface area contributed by atoms with Crippen molar-refractivity contribution in [3.05, 3.63) is 35.4 Å². The predicted molar refractivity (Wildman–Crippen MR) is 75.3 cm³/mol. The molecule has 0 aromatic heterocycles. The van der Waals surface area contributed by atoms with Crippen LogP contribution in [0.2, 0.25) is 0 Å². The third-order valence-electron chi connectivity index (χ3n) is 3.01. The molecule has 2 atom stereocenters. The third-order valence-corrected chi connectivity index (χ3v) is 6.49. The second-order valence-electron chi connectivity index (χ2n) is 4.24. The van der Waals surface area contributed by atoms with Crippen LogP contribution in [0.15, 0.2) is 24.3 Å². The summed E-state index contributed by atoms with van der Waals surface area (Å²) in [5.41, 5.74) is -3.94. The number of hydrogen-bond donors (Lipinski definition) is 2. The van der Waals surface area contributed by atoms with Crippen LogP contribution in [-0.4, -0.2) is 38.6 Å². The van der Waals surface area contributed by atoms with Crippen LogP contribution >= 0.6 is 0 Å². The summed E-state index contributed by atoms with van der Waals surface area (Å²) < 4.78 is 46.9. The van der Waals surface area contributed by atoms with Crippen LogP contribution in [0.1, 0.15) is 35.8 Å². The van der Waals surface area contributed by atoms with Crippen molar-refractivity contribution in [3.63, 3.8) is 0 Å². The first-order valence-electron chi connectivity index (χ1n) is 6.05. The Morgan fingerprint density at radius 3 is 1.40 bits per heavy atom. The third kappa shape index (κ3) is 3.38. The van der Waals surface area contributed by atoms with Crippen LogP contribution in [0.5, 0.6) is 0 Å². The molecule has 6 nitrogen and oxygen atoms in total. The van der Waals surface area contributed by atoms with Gasteiger partial charge in [-0.25, -0.2) is 16.8 Å². The van der Waals surface area contributed by atoms with E-state index in [4.69, 9.17) is 0 Å². The Morgan fingerprint density at radius 2 is 1.15 bits per heavy atom. The molecular weight excluding hydrogens is 304 g/mol. The summed E-state index contributed by atoms with van der Waals surface area (Å²) in [6.07, 6.45) is 0. The highest BCUT2D eigenvalue weighted by Crippen LogP contribution is 2.30. The maximum atomic E-state index is 11.7. The van der Waals surface area contributed by atoms with Crippen molar-refractivity contribution in [1.82, 2.24) is 0 Å². The Bertz CT molecular complexity index is 604. The number of sulfone groups is 2. The Hall–Kier alpha value is -0.960. The summed E-state index contributed by atoms with van der Waals surface area (Å²) >= 11 is 0. The highest BCUT2D eigenvalue weighted by atomic mass is 32.2. The zero-order chi connectivity index (χ0) is 15.6. The molecule has 0 spiro atoms. The quantitative estimate of drug-likeness (QED) is 0.791. The number of benzene rings is 1. The minimum Gasteiger partial charge on any atom is -0.373 e. The minimum absolute atomic E-state index is 0.112. The Balaban J connectivity index is 3.39. The van der Waals surface area contributed by atoms with Crippen molar-refractivity contribution < 1.29 is 27.0 Å². The molecule has 0 saturated carbocycles. The van der Waals surface area contributed by atoms with E-state index in [0.717, 1.165) is 0 Å². The summed E-state index contributed by atoms with van der Waals surface area (Å²) in [6, 6.07) is 5.53. The fourth-order valence-electron chi connectivity index (χ4n) is 1.66. The topological polar surface area (TPSA) is 109 Å². The second-order valence-corrected chi connectivity index (χ2v) is 8.94. The first-order chi connectivity index (χ1) is 9.17.